The zero-order valence-corrected chi connectivity index (χ0v) is 13.8. The molecule has 1 heterocycles. The van der Waals surface area contributed by atoms with Crippen LogP contribution in [0.15, 0.2) is 24.4 Å². The number of nitrogens with two attached hydrogens (primary N) is 1. The summed E-state index contributed by atoms with van der Waals surface area (Å²) in [5.41, 5.74) is 6.06. The molecule has 2 amide bonds. The summed E-state index contributed by atoms with van der Waals surface area (Å²) in [5.74, 6) is 1.44. The summed E-state index contributed by atoms with van der Waals surface area (Å²) in [6, 6.07) is 4.54. The predicted molar refractivity (Wildman–Crippen MR) is 87.5 cm³/mol. The van der Waals surface area contributed by atoms with Gasteiger partial charge in [0.1, 0.15) is 11.5 Å². The van der Waals surface area contributed by atoms with Crippen molar-refractivity contribution in [2.75, 3.05) is 19.1 Å². The Hall–Kier alpha value is -2.28. The van der Waals surface area contributed by atoms with Crippen LogP contribution in [-0.2, 0) is 0 Å². The zero-order chi connectivity index (χ0) is 16.3. The number of anilines is 2. The number of amides is 2. The average Bonchev–Trinajstić information content (AvgIpc) is 2.96. The molecule has 0 radical (unpaired) electrons. The Morgan fingerprint density at radius 2 is 2.05 bits per heavy atom. The number of urea groups is 1. The molecule has 1 aromatic carbocycles. The van der Waals surface area contributed by atoms with E-state index < -0.39 is 6.03 Å². The third kappa shape index (κ3) is 3.14. The molecule has 0 aliphatic heterocycles. The minimum atomic E-state index is -0.629. The van der Waals surface area contributed by atoms with E-state index in [1.54, 1.807) is 31.5 Å². The zero-order valence-electron chi connectivity index (χ0n) is 13.0. The molecular formula is C15H19N3O3S. The number of nitrogens with zero attached hydrogens (tertiary/aromatic N) is 2. The number of benzene rings is 1. The van der Waals surface area contributed by atoms with E-state index in [4.69, 9.17) is 15.2 Å². The highest BCUT2D eigenvalue weighted by molar-refractivity contribution is 7.16. The average molecular weight is 321 g/mol. The van der Waals surface area contributed by atoms with Gasteiger partial charge < -0.3 is 15.2 Å². The maximum Gasteiger partial charge on any atom is 0.325 e. The largest absolute Gasteiger partial charge is 0.497 e. The van der Waals surface area contributed by atoms with Crippen LogP contribution < -0.4 is 20.1 Å². The fourth-order valence-electron chi connectivity index (χ4n) is 1.93. The van der Waals surface area contributed by atoms with E-state index in [1.165, 1.54) is 23.3 Å². The lowest BCUT2D eigenvalue weighted by atomic mass is 10.2. The smallest absolute Gasteiger partial charge is 0.325 e. The number of thiazole rings is 1. The highest BCUT2D eigenvalue weighted by atomic mass is 32.1. The maximum absolute atomic E-state index is 12.0. The monoisotopic (exact) mass is 321 g/mol. The fraction of sp³-hybridized carbons (Fsp3) is 0.333. The van der Waals surface area contributed by atoms with Crippen LogP contribution in [-0.4, -0.2) is 25.2 Å². The molecular weight excluding hydrogens is 302 g/mol. The number of aromatic nitrogens is 1. The SMILES string of the molecule is COc1ccc(OC)c(N(C(N)=O)c2ncc(C(C)C)s2)c1. The van der Waals surface area contributed by atoms with Gasteiger partial charge in [-0.2, -0.15) is 0 Å². The van der Waals surface area contributed by atoms with Gasteiger partial charge in [0.2, 0.25) is 0 Å². The van der Waals surface area contributed by atoms with Crippen molar-refractivity contribution in [1.29, 1.82) is 0 Å². The van der Waals surface area contributed by atoms with E-state index in [0.29, 0.717) is 28.2 Å². The standard InChI is InChI=1S/C15H19N3O3S/c1-9(2)13-8-17-15(22-13)18(14(16)19)11-7-10(20-3)5-6-12(11)21-4/h5-9H,1-4H3,(H2,16,19). The van der Waals surface area contributed by atoms with E-state index >= 15 is 0 Å². The molecule has 6 nitrogen and oxygen atoms in total. The van der Waals surface area contributed by atoms with Crippen LogP contribution in [0.5, 0.6) is 11.5 Å². The van der Waals surface area contributed by atoms with Gasteiger partial charge in [0, 0.05) is 17.1 Å². The minimum Gasteiger partial charge on any atom is -0.497 e. The van der Waals surface area contributed by atoms with Crippen molar-refractivity contribution in [1.82, 2.24) is 4.98 Å². The van der Waals surface area contributed by atoms with Crippen LogP contribution in [0.2, 0.25) is 0 Å². The molecule has 2 N–H and O–H groups in total. The molecule has 1 aromatic heterocycles. The summed E-state index contributed by atoms with van der Waals surface area (Å²) in [6.45, 7) is 4.13. The molecule has 0 spiro atoms. The van der Waals surface area contributed by atoms with Crippen LogP contribution in [0.25, 0.3) is 0 Å². The summed E-state index contributed by atoms with van der Waals surface area (Å²) >= 11 is 1.42. The van der Waals surface area contributed by atoms with Crippen molar-refractivity contribution in [3.05, 3.63) is 29.3 Å². The van der Waals surface area contributed by atoms with Gasteiger partial charge >= 0.3 is 6.03 Å². The first-order valence-corrected chi connectivity index (χ1v) is 7.56. The molecule has 22 heavy (non-hydrogen) atoms. The van der Waals surface area contributed by atoms with Gasteiger partial charge in [-0.25, -0.2) is 14.7 Å². The van der Waals surface area contributed by atoms with Gasteiger partial charge in [-0.3, -0.25) is 0 Å². The van der Waals surface area contributed by atoms with Gasteiger partial charge in [0.05, 0.1) is 19.9 Å². The van der Waals surface area contributed by atoms with E-state index in [9.17, 15) is 4.79 Å². The number of hydrogen-bond donors (Lipinski definition) is 1. The number of hydrogen-bond acceptors (Lipinski definition) is 5. The molecule has 0 fully saturated rings. The van der Waals surface area contributed by atoms with Gasteiger partial charge in [-0.05, 0) is 18.1 Å². The molecule has 2 aromatic rings. The maximum atomic E-state index is 12.0. The van der Waals surface area contributed by atoms with Gasteiger partial charge in [-0.1, -0.05) is 13.8 Å². The molecule has 7 heteroatoms. The van der Waals surface area contributed by atoms with E-state index in [0.717, 1.165) is 4.88 Å². The Labute approximate surface area is 133 Å². The van der Waals surface area contributed by atoms with E-state index in [1.807, 2.05) is 0 Å². The number of ether oxygens (including phenoxy) is 2. The molecule has 118 valence electrons. The molecule has 0 atom stereocenters. The second-order valence-corrected chi connectivity index (χ2v) is 5.95. The third-order valence-electron chi connectivity index (χ3n) is 3.12. The summed E-state index contributed by atoms with van der Waals surface area (Å²) in [7, 11) is 3.09. The van der Waals surface area contributed by atoms with Crippen molar-refractivity contribution >= 4 is 28.2 Å². The first-order chi connectivity index (χ1) is 10.5. The second kappa shape index (κ2) is 6.65. The normalized spacial score (nSPS) is 10.6. The lowest BCUT2D eigenvalue weighted by Gasteiger charge is -2.20. The van der Waals surface area contributed by atoms with Crippen molar-refractivity contribution in [2.24, 2.45) is 5.73 Å². The molecule has 0 unspecified atom stereocenters. The molecule has 0 bridgehead atoms. The summed E-state index contributed by atoms with van der Waals surface area (Å²) in [4.78, 5) is 18.7. The van der Waals surface area contributed by atoms with Crippen LogP contribution in [0.3, 0.4) is 0 Å². The predicted octanol–water partition coefficient (Wildman–Crippen LogP) is 3.50. The Kier molecular flexibility index (Phi) is 4.87. The third-order valence-corrected chi connectivity index (χ3v) is 4.40. The van der Waals surface area contributed by atoms with Crippen LogP contribution in [0.4, 0.5) is 15.6 Å². The van der Waals surface area contributed by atoms with E-state index in [-0.39, 0.29) is 0 Å². The van der Waals surface area contributed by atoms with Crippen molar-refractivity contribution in [2.45, 2.75) is 19.8 Å². The number of primary amides is 1. The molecule has 0 aliphatic carbocycles. The topological polar surface area (TPSA) is 77.7 Å². The lowest BCUT2D eigenvalue weighted by molar-refractivity contribution is 0.256. The van der Waals surface area contributed by atoms with Crippen LogP contribution >= 0.6 is 11.3 Å². The van der Waals surface area contributed by atoms with Crippen molar-refractivity contribution in [3.8, 4) is 11.5 Å². The Morgan fingerprint density at radius 3 is 2.55 bits per heavy atom. The first-order valence-electron chi connectivity index (χ1n) is 6.75. The lowest BCUT2D eigenvalue weighted by Crippen LogP contribution is -2.31. The Morgan fingerprint density at radius 1 is 1.32 bits per heavy atom. The highest BCUT2D eigenvalue weighted by Crippen LogP contribution is 2.39. The van der Waals surface area contributed by atoms with Crippen LogP contribution in [0, 0.1) is 0 Å². The van der Waals surface area contributed by atoms with Gasteiger partial charge in [0.15, 0.2) is 5.13 Å². The highest BCUT2D eigenvalue weighted by Gasteiger charge is 2.23. The second-order valence-electron chi connectivity index (χ2n) is 4.91. The van der Waals surface area contributed by atoms with Crippen molar-refractivity contribution < 1.29 is 14.3 Å². The van der Waals surface area contributed by atoms with Gasteiger partial charge in [0.25, 0.3) is 0 Å². The van der Waals surface area contributed by atoms with Crippen molar-refractivity contribution in [3.63, 3.8) is 0 Å². The van der Waals surface area contributed by atoms with E-state index in [2.05, 4.69) is 18.8 Å². The number of carbonyl (C=O) groups excluding carboxylic acids is 1. The molecule has 0 saturated carbocycles. The Bertz CT molecular complexity index is 670. The molecule has 0 aliphatic rings. The first kappa shape index (κ1) is 16.1. The number of methoxy groups -OCH3 is 2. The molecule has 0 saturated heterocycles. The summed E-state index contributed by atoms with van der Waals surface area (Å²) in [6.07, 6.45) is 1.76. The van der Waals surface area contributed by atoms with Gasteiger partial charge in [-0.15, -0.1) is 11.3 Å². The fourth-order valence-corrected chi connectivity index (χ4v) is 2.87. The molecule has 2 rings (SSSR count). The summed E-state index contributed by atoms with van der Waals surface area (Å²) < 4.78 is 10.5. The summed E-state index contributed by atoms with van der Waals surface area (Å²) in [5, 5.41) is 0.503. The van der Waals surface area contributed by atoms with Crippen LogP contribution in [0.1, 0.15) is 24.6 Å². The minimum absolute atomic E-state index is 0.327. The number of rotatable bonds is 5. The number of carbonyl (C=O) groups is 1. The quantitative estimate of drug-likeness (QED) is 0.914. The Balaban J connectivity index is 2.53.